The summed E-state index contributed by atoms with van der Waals surface area (Å²) in [5, 5.41) is 5.44. The number of nitrogens with two attached hydrogens (primary N) is 1. The van der Waals surface area contributed by atoms with E-state index in [1.807, 2.05) is 23.6 Å². The largest absolute Gasteiger partial charge is 0.497 e. The molecule has 0 atom stereocenters. The number of nitrogens with zero attached hydrogens (tertiary/aromatic N) is 1. The van der Waals surface area contributed by atoms with Crippen molar-refractivity contribution in [2.24, 2.45) is 11.1 Å². The zero-order valence-electron chi connectivity index (χ0n) is 16.3. The molecule has 0 radical (unpaired) electrons. The number of methoxy groups -OCH3 is 2. The average molecular weight is 426 g/mol. The minimum atomic E-state index is -0.0571. The van der Waals surface area contributed by atoms with Crippen molar-refractivity contribution in [1.29, 1.82) is 0 Å². The van der Waals surface area contributed by atoms with Crippen molar-refractivity contribution in [3.63, 3.8) is 0 Å². The van der Waals surface area contributed by atoms with Crippen LogP contribution in [0.5, 0.6) is 11.5 Å². The Bertz CT molecular complexity index is 791. The Morgan fingerprint density at radius 2 is 2.00 bits per heavy atom. The predicted octanol–water partition coefficient (Wildman–Crippen LogP) is 4.49. The standard InChI is InChI=1S/C20H27N3O3S.ClH/c1-25-14-6-7-17(26-2)15(10-14)16-12-27-19(22-16)23-18(24)11-20(13-21)8-4-3-5-9-20;/h6-7,10,12H,3-5,8-9,11,13,21H2,1-2H3,(H,22,23,24);1H. The summed E-state index contributed by atoms with van der Waals surface area (Å²) in [4.78, 5) is 17.1. The summed E-state index contributed by atoms with van der Waals surface area (Å²) in [7, 11) is 3.24. The van der Waals surface area contributed by atoms with E-state index >= 15 is 0 Å². The van der Waals surface area contributed by atoms with Crippen molar-refractivity contribution in [2.75, 3.05) is 26.1 Å². The van der Waals surface area contributed by atoms with Crippen LogP contribution in [0.15, 0.2) is 23.6 Å². The fourth-order valence-electron chi connectivity index (χ4n) is 3.73. The Balaban J connectivity index is 0.00000280. The smallest absolute Gasteiger partial charge is 0.226 e. The highest BCUT2D eigenvalue weighted by Gasteiger charge is 2.33. The number of halogens is 1. The van der Waals surface area contributed by atoms with Gasteiger partial charge in [0.25, 0.3) is 0 Å². The summed E-state index contributed by atoms with van der Waals surface area (Å²) in [6, 6.07) is 5.57. The zero-order valence-corrected chi connectivity index (χ0v) is 18.0. The minimum Gasteiger partial charge on any atom is -0.497 e. The van der Waals surface area contributed by atoms with E-state index in [4.69, 9.17) is 15.2 Å². The van der Waals surface area contributed by atoms with Crippen LogP contribution in [-0.4, -0.2) is 31.7 Å². The van der Waals surface area contributed by atoms with Gasteiger partial charge < -0.3 is 20.5 Å². The highest BCUT2D eigenvalue weighted by atomic mass is 35.5. The van der Waals surface area contributed by atoms with Gasteiger partial charge in [-0.2, -0.15) is 0 Å². The topological polar surface area (TPSA) is 86.5 Å². The number of hydrogen-bond donors (Lipinski definition) is 2. The van der Waals surface area contributed by atoms with Crippen LogP contribution in [0.3, 0.4) is 0 Å². The zero-order chi connectivity index (χ0) is 19.3. The normalized spacial score (nSPS) is 15.4. The van der Waals surface area contributed by atoms with Gasteiger partial charge in [-0.25, -0.2) is 4.98 Å². The number of thiazole rings is 1. The van der Waals surface area contributed by atoms with Crippen molar-refractivity contribution < 1.29 is 14.3 Å². The molecule has 1 aromatic heterocycles. The monoisotopic (exact) mass is 425 g/mol. The summed E-state index contributed by atoms with van der Waals surface area (Å²) in [5.74, 6) is 1.43. The van der Waals surface area contributed by atoms with Gasteiger partial charge in [0.15, 0.2) is 5.13 Å². The second-order valence-electron chi connectivity index (χ2n) is 7.09. The first kappa shape index (κ1) is 22.5. The first-order valence-electron chi connectivity index (χ1n) is 9.27. The Hall–Kier alpha value is -1.83. The molecule has 3 N–H and O–H groups in total. The number of amides is 1. The van der Waals surface area contributed by atoms with Crippen LogP contribution in [-0.2, 0) is 4.79 Å². The Labute approximate surface area is 176 Å². The minimum absolute atomic E-state index is 0. The molecule has 1 aliphatic rings. The number of anilines is 1. The van der Waals surface area contributed by atoms with E-state index in [9.17, 15) is 4.79 Å². The molecule has 6 nitrogen and oxygen atoms in total. The number of nitrogens with one attached hydrogen (secondary N) is 1. The number of benzene rings is 1. The molecule has 2 aromatic rings. The second-order valence-corrected chi connectivity index (χ2v) is 7.95. The van der Waals surface area contributed by atoms with E-state index in [1.165, 1.54) is 17.8 Å². The Morgan fingerprint density at radius 1 is 1.25 bits per heavy atom. The molecule has 0 spiro atoms. The summed E-state index contributed by atoms with van der Waals surface area (Å²) in [6.45, 7) is 0.560. The van der Waals surface area contributed by atoms with E-state index in [1.54, 1.807) is 14.2 Å². The first-order chi connectivity index (χ1) is 13.1. The molecule has 1 aliphatic carbocycles. The maximum Gasteiger partial charge on any atom is 0.226 e. The number of ether oxygens (including phenoxy) is 2. The van der Waals surface area contributed by atoms with Crippen LogP contribution in [0.2, 0.25) is 0 Å². The van der Waals surface area contributed by atoms with Crippen molar-refractivity contribution in [3.8, 4) is 22.8 Å². The molecule has 1 heterocycles. The van der Waals surface area contributed by atoms with Crippen molar-refractivity contribution in [2.45, 2.75) is 38.5 Å². The third kappa shape index (κ3) is 5.16. The predicted molar refractivity (Wildman–Crippen MR) is 116 cm³/mol. The highest BCUT2D eigenvalue weighted by molar-refractivity contribution is 7.14. The number of carbonyl (C=O) groups is 1. The Morgan fingerprint density at radius 3 is 2.64 bits per heavy atom. The SMILES string of the molecule is COc1ccc(OC)c(-c2csc(NC(=O)CC3(CN)CCCCC3)n2)c1.Cl. The van der Waals surface area contributed by atoms with Gasteiger partial charge in [-0.3, -0.25) is 4.79 Å². The van der Waals surface area contributed by atoms with Gasteiger partial charge >= 0.3 is 0 Å². The van der Waals surface area contributed by atoms with Crippen molar-refractivity contribution in [1.82, 2.24) is 4.98 Å². The van der Waals surface area contributed by atoms with E-state index in [0.717, 1.165) is 42.7 Å². The molecule has 1 fully saturated rings. The van der Waals surface area contributed by atoms with Gasteiger partial charge in [-0.1, -0.05) is 19.3 Å². The molecule has 1 aromatic carbocycles. The van der Waals surface area contributed by atoms with Crippen molar-refractivity contribution in [3.05, 3.63) is 23.6 Å². The second kappa shape index (κ2) is 10.1. The number of aromatic nitrogens is 1. The molecule has 8 heteroatoms. The third-order valence-electron chi connectivity index (χ3n) is 5.32. The lowest BCUT2D eigenvalue weighted by atomic mass is 9.72. The molecule has 0 unspecified atom stereocenters. The van der Waals surface area contributed by atoms with Crippen LogP contribution in [0.25, 0.3) is 11.3 Å². The van der Waals surface area contributed by atoms with Crippen LogP contribution < -0.4 is 20.5 Å². The first-order valence-corrected chi connectivity index (χ1v) is 10.1. The van der Waals surface area contributed by atoms with E-state index in [0.29, 0.717) is 23.8 Å². The molecule has 0 saturated heterocycles. The van der Waals surface area contributed by atoms with Crippen LogP contribution in [0.4, 0.5) is 5.13 Å². The lowest BCUT2D eigenvalue weighted by molar-refractivity contribution is -0.118. The molecular weight excluding hydrogens is 398 g/mol. The van der Waals surface area contributed by atoms with Gasteiger partial charge in [0.1, 0.15) is 11.5 Å². The lowest BCUT2D eigenvalue weighted by Gasteiger charge is -2.35. The van der Waals surface area contributed by atoms with Gasteiger partial charge in [0.2, 0.25) is 5.91 Å². The molecule has 1 amide bonds. The van der Waals surface area contributed by atoms with E-state index in [-0.39, 0.29) is 23.7 Å². The van der Waals surface area contributed by atoms with Gasteiger partial charge in [0.05, 0.1) is 19.9 Å². The maximum absolute atomic E-state index is 12.6. The third-order valence-corrected chi connectivity index (χ3v) is 6.07. The fourth-order valence-corrected chi connectivity index (χ4v) is 4.45. The summed E-state index contributed by atoms with van der Waals surface area (Å²) in [6.07, 6.45) is 6.06. The maximum atomic E-state index is 12.6. The Kier molecular flexibility index (Phi) is 8.10. The van der Waals surface area contributed by atoms with Gasteiger partial charge in [-0.15, -0.1) is 23.7 Å². The average Bonchev–Trinajstić information content (AvgIpc) is 3.16. The fraction of sp³-hybridized carbons (Fsp3) is 0.500. The molecule has 1 saturated carbocycles. The van der Waals surface area contributed by atoms with E-state index < -0.39 is 0 Å². The molecule has 154 valence electrons. The van der Waals surface area contributed by atoms with Gasteiger partial charge in [0, 0.05) is 17.4 Å². The molecule has 28 heavy (non-hydrogen) atoms. The molecule has 0 bridgehead atoms. The van der Waals surface area contributed by atoms with Crippen molar-refractivity contribution >= 4 is 34.8 Å². The number of hydrogen-bond acceptors (Lipinski definition) is 6. The van der Waals surface area contributed by atoms with Crippen LogP contribution in [0, 0.1) is 5.41 Å². The highest BCUT2D eigenvalue weighted by Crippen LogP contribution is 2.39. The van der Waals surface area contributed by atoms with E-state index in [2.05, 4.69) is 10.3 Å². The summed E-state index contributed by atoms with van der Waals surface area (Å²) < 4.78 is 10.7. The number of rotatable bonds is 7. The van der Waals surface area contributed by atoms with Crippen LogP contribution in [0.1, 0.15) is 38.5 Å². The molecule has 3 rings (SSSR count). The number of carbonyl (C=O) groups excluding carboxylic acids is 1. The molecule has 0 aliphatic heterocycles. The quantitative estimate of drug-likeness (QED) is 0.682. The van der Waals surface area contributed by atoms with Gasteiger partial charge in [-0.05, 0) is 43.0 Å². The van der Waals surface area contributed by atoms with Crippen LogP contribution >= 0.6 is 23.7 Å². The molecular formula is C20H28ClN3O3S. The summed E-state index contributed by atoms with van der Waals surface area (Å²) >= 11 is 1.40. The lowest BCUT2D eigenvalue weighted by Crippen LogP contribution is -2.36. The summed E-state index contributed by atoms with van der Waals surface area (Å²) in [5.41, 5.74) is 7.52.